The summed E-state index contributed by atoms with van der Waals surface area (Å²) in [6.45, 7) is 5.28. The van der Waals surface area contributed by atoms with Crippen molar-refractivity contribution in [2.45, 2.75) is 27.2 Å². The van der Waals surface area contributed by atoms with Gasteiger partial charge < -0.3 is 10.5 Å². The summed E-state index contributed by atoms with van der Waals surface area (Å²) in [5.74, 6) is 1.22. The van der Waals surface area contributed by atoms with E-state index in [-0.39, 0.29) is 5.78 Å². The van der Waals surface area contributed by atoms with Crippen LogP contribution in [0.15, 0.2) is 48.3 Å². The number of fused-ring (bicyclic) bond motifs is 3. The van der Waals surface area contributed by atoms with Crippen molar-refractivity contribution in [2.24, 2.45) is 5.73 Å². The summed E-state index contributed by atoms with van der Waals surface area (Å²) >= 11 is 0. The average Bonchev–Trinajstić information content (AvgIpc) is 3.12. The molecule has 2 aromatic heterocycles. The molecule has 0 unspecified atom stereocenters. The monoisotopic (exact) mass is 401 g/mol. The van der Waals surface area contributed by atoms with Crippen LogP contribution >= 0.6 is 0 Å². The van der Waals surface area contributed by atoms with Crippen LogP contribution in [0.5, 0.6) is 5.75 Å². The van der Waals surface area contributed by atoms with E-state index in [0.717, 1.165) is 11.3 Å². The number of hydrogen-bond acceptors (Lipinski definition) is 6. The van der Waals surface area contributed by atoms with Crippen molar-refractivity contribution in [3.63, 3.8) is 0 Å². The zero-order chi connectivity index (χ0) is 21.4. The fraction of sp³-hybridized carbons (Fsp3) is 0.217. The highest BCUT2D eigenvalue weighted by atomic mass is 16.5. The molecule has 0 aliphatic heterocycles. The second-order valence-corrected chi connectivity index (χ2v) is 7.33. The van der Waals surface area contributed by atoms with Crippen molar-refractivity contribution >= 4 is 28.0 Å². The lowest BCUT2D eigenvalue weighted by Crippen LogP contribution is -2.07. The molecule has 0 atom stereocenters. The van der Waals surface area contributed by atoms with Crippen LogP contribution in [0.4, 0.5) is 0 Å². The van der Waals surface area contributed by atoms with Gasteiger partial charge in [0, 0.05) is 29.3 Å². The van der Waals surface area contributed by atoms with Crippen LogP contribution in [-0.4, -0.2) is 32.5 Å². The normalized spacial score (nSPS) is 12.3. The molecule has 0 aliphatic rings. The Bertz CT molecular complexity index is 1320. The van der Waals surface area contributed by atoms with E-state index in [9.17, 15) is 4.79 Å². The lowest BCUT2D eigenvalue weighted by atomic mass is 9.98. The maximum Gasteiger partial charge on any atom is 0.179 e. The molecule has 2 heterocycles. The topological polar surface area (TPSA) is 95.4 Å². The second kappa shape index (κ2) is 7.59. The highest BCUT2D eigenvalue weighted by molar-refractivity contribution is 6.21. The summed E-state index contributed by atoms with van der Waals surface area (Å²) in [4.78, 5) is 16.7. The highest BCUT2D eigenvalue weighted by Crippen LogP contribution is 2.32. The minimum Gasteiger partial charge on any atom is -0.496 e. The molecule has 0 amide bonds. The van der Waals surface area contributed by atoms with Gasteiger partial charge in [-0.1, -0.05) is 24.3 Å². The number of aromatic nitrogens is 4. The Hall–Kier alpha value is -3.74. The summed E-state index contributed by atoms with van der Waals surface area (Å²) in [6.07, 6.45) is 2.32. The zero-order valence-corrected chi connectivity index (χ0v) is 17.4. The smallest absolute Gasteiger partial charge is 0.179 e. The number of benzene rings is 2. The van der Waals surface area contributed by atoms with Gasteiger partial charge in [0.15, 0.2) is 11.4 Å². The molecule has 4 rings (SSSR count). The maximum absolute atomic E-state index is 12.2. The minimum absolute atomic E-state index is 0.127. The molecule has 4 aromatic rings. The quantitative estimate of drug-likeness (QED) is 0.515. The first kappa shape index (κ1) is 19.6. The lowest BCUT2D eigenvalue weighted by molar-refractivity contribution is -0.111. The van der Waals surface area contributed by atoms with E-state index >= 15 is 0 Å². The SMILES string of the molecule is COc1cc2c(cc1C(C(C)=O)=C(C)N)ncc1nnc(Cc3ccccc3C)n12. The Morgan fingerprint density at radius 1 is 1.17 bits per heavy atom. The zero-order valence-electron chi connectivity index (χ0n) is 17.4. The fourth-order valence-electron chi connectivity index (χ4n) is 3.78. The Balaban J connectivity index is 1.96. The molecule has 30 heavy (non-hydrogen) atoms. The van der Waals surface area contributed by atoms with Crippen LogP contribution < -0.4 is 10.5 Å². The van der Waals surface area contributed by atoms with Crippen LogP contribution in [0.1, 0.15) is 36.4 Å². The molecule has 0 radical (unpaired) electrons. The van der Waals surface area contributed by atoms with Crippen molar-refractivity contribution < 1.29 is 9.53 Å². The number of nitrogens with zero attached hydrogens (tertiary/aromatic N) is 4. The van der Waals surface area contributed by atoms with Crippen molar-refractivity contribution in [2.75, 3.05) is 7.11 Å². The Kier molecular flexibility index (Phi) is 4.95. The van der Waals surface area contributed by atoms with Crippen LogP contribution in [0, 0.1) is 6.92 Å². The van der Waals surface area contributed by atoms with Gasteiger partial charge in [0.05, 0.1) is 24.3 Å². The number of methoxy groups -OCH3 is 1. The van der Waals surface area contributed by atoms with E-state index in [1.54, 1.807) is 20.2 Å². The van der Waals surface area contributed by atoms with Gasteiger partial charge in [-0.3, -0.25) is 14.2 Å². The number of allylic oxidation sites excluding steroid dienone is 2. The number of nitrogens with two attached hydrogens (primary N) is 1. The van der Waals surface area contributed by atoms with Crippen molar-refractivity contribution in [3.8, 4) is 5.75 Å². The van der Waals surface area contributed by atoms with Gasteiger partial charge in [0.25, 0.3) is 0 Å². The van der Waals surface area contributed by atoms with Gasteiger partial charge in [-0.05, 0) is 38.0 Å². The van der Waals surface area contributed by atoms with E-state index in [4.69, 9.17) is 10.5 Å². The number of ketones is 1. The van der Waals surface area contributed by atoms with Gasteiger partial charge in [0.1, 0.15) is 11.6 Å². The molecule has 0 bridgehead atoms. The third kappa shape index (κ3) is 3.28. The van der Waals surface area contributed by atoms with E-state index in [1.807, 2.05) is 28.7 Å². The van der Waals surface area contributed by atoms with Gasteiger partial charge in [-0.25, -0.2) is 0 Å². The molecule has 2 N–H and O–H groups in total. The fourth-order valence-corrected chi connectivity index (χ4v) is 3.78. The van der Waals surface area contributed by atoms with Gasteiger partial charge in [-0.2, -0.15) is 0 Å². The number of aryl methyl sites for hydroxylation is 1. The number of rotatable bonds is 5. The molecule has 0 fully saturated rings. The van der Waals surface area contributed by atoms with Crippen LogP contribution in [0.25, 0.3) is 22.3 Å². The first-order chi connectivity index (χ1) is 14.4. The van der Waals surface area contributed by atoms with E-state index < -0.39 is 0 Å². The summed E-state index contributed by atoms with van der Waals surface area (Å²) in [7, 11) is 1.57. The summed E-state index contributed by atoms with van der Waals surface area (Å²) < 4.78 is 7.59. The molecule has 0 aliphatic carbocycles. The number of carbonyl (C=O) groups is 1. The molecular weight excluding hydrogens is 378 g/mol. The molecule has 2 aromatic carbocycles. The predicted octanol–water partition coefficient (Wildman–Crippen LogP) is 3.46. The molecule has 152 valence electrons. The number of hydrogen-bond donors (Lipinski definition) is 1. The lowest BCUT2D eigenvalue weighted by Gasteiger charge is -2.14. The number of Topliss-reactive ketones (excluding diaryl/α,β-unsaturated/α-hetero) is 1. The second-order valence-electron chi connectivity index (χ2n) is 7.33. The molecule has 0 spiro atoms. The Labute approximate surface area is 174 Å². The summed E-state index contributed by atoms with van der Waals surface area (Å²) in [5.41, 5.74) is 12.0. The van der Waals surface area contributed by atoms with Crippen molar-refractivity contribution in [1.82, 2.24) is 19.6 Å². The van der Waals surface area contributed by atoms with Crippen LogP contribution in [0.2, 0.25) is 0 Å². The molecule has 0 saturated carbocycles. The van der Waals surface area contributed by atoms with Crippen LogP contribution in [0.3, 0.4) is 0 Å². The van der Waals surface area contributed by atoms with E-state index in [0.29, 0.717) is 40.2 Å². The molecular formula is C23H23N5O2. The number of ether oxygens (including phenoxy) is 1. The maximum atomic E-state index is 12.2. The summed E-state index contributed by atoms with van der Waals surface area (Å²) in [6, 6.07) is 11.9. The van der Waals surface area contributed by atoms with Gasteiger partial charge in [-0.15, -0.1) is 10.2 Å². The van der Waals surface area contributed by atoms with E-state index in [1.165, 1.54) is 18.1 Å². The third-order valence-corrected chi connectivity index (χ3v) is 5.24. The van der Waals surface area contributed by atoms with Crippen LogP contribution in [-0.2, 0) is 11.2 Å². The number of carbonyl (C=O) groups excluding carboxylic acids is 1. The van der Waals surface area contributed by atoms with Crippen molar-refractivity contribution in [3.05, 3.63) is 70.8 Å². The van der Waals surface area contributed by atoms with E-state index in [2.05, 4.69) is 34.2 Å². The minimum atomic E-state index is -0.127. The predicted molar refractivity (Wildman–Crippen MR) is 116 cm³/mol. The molecule has 0 saturated heterocycles. The first-order valence-corrected chi connectivity index (χ1v) is 9.63. The summed E-state index contributed by atoms with van der Waals surface area (Å²) in [5, 5.41) is 8.69. The van der Waals surface area contributed by atoms with Crippen molar-refractivity contribution in [1.29, 1.82) is 0 Å². The molecule has 7 heteroatoms. The largest absolute Gasteiger partial charge is 0.496 e. The molecule has 7 nitrogen and oxygen atoms in total. The van der Waals surface area contributed by atoms with Gasteiger partial charge >= 0.3 is 0 Å². The first-order valence-electron chi connectivity index (χ1n) is 9.63. The third-order valence-electron chi connectivity index (χ3n) is 5.24. The highest BCUT2D eigenvalue weighted by Gasteiger charge is 2.19. The average molecular weight is 401 g/mol. The standard InChI is InChI=1S/C23H23N5O2/c1-13-7-5-6-8-16(13)9-21-26-27-22-12-25-18-10-17(23(14(2)24)15(3)29)20(30-4)11-19(18)28(21)22/h5-8,10-12H,9,24H2,1-4H3. The van der Waals surface area contributed by atoms with Gasteiger partial charge in [0.2, 0.25) is 0 Å². The Morgan fingerprint density at radius 2 is 1.93 bits per heavy atom. The Morgan fingerprint density at radius 3 is 2.60 bits per heavy atom.